The molecule has 0 aliphatic carbocycles. The number of nitrogens with one attached hydrogen (secondary N) is 1. The Hall–Kier alpha value is -3.35. The van der Waals surface area contributed by atoms with E-state index in [4.69, 9.17) is 18.9 Å². The molecule has 2 saturated heterocycles. The molecule has 2 aliphatic heterocycles. The van der Waals surface area contributed by atoms with Crippen LogP contribution in [-0.2, 0) is 23.7 Å². The first-order valence-electron chi connectivity index (χ1n) is 28.1. The number of aliphatic hydroxyl groups is 8. The second kappa shape index (κ2) is 44.7. The van der Waals surface area contributed by atoms with Crippen LogP contribution in [-0.4, -0.2) is 140 Å². The minimum Gasteiger partial charge on any atom is -0.394 e. The van der Waals surface area contributed by atoms with Crippen molar-refractivity contribution in [1.82, 2.24) is 5.32 Å². The highest BCUT2D eigenvalue weighted by atomic mass is 16.7. The maximum atomic E-state index is 13.2. The number of unbranched alkanes of at least 4 members (excludes halogenated alkanes) is 13. The standard InChI is InChI=1S/C60H99NO13/c1-3-5-7-9-11-13-15-17-19-21-22-23-24-25-26-28-30-32-34-36-38-40-42-44-52(65)61-48(49(64)43-41-39-37-35-33-31-29-27-20-18-16-14-12-10-8-6-4-2)47-71-59-57(70)55(68)58(51(46-63)73-59)74-60-56(69)54(67)53(66)50(45-62)72-60/h5,7,11,13,17,19,22-23,25-26,30,32-33,35-36,38,41,43,48-51,53-60,62-64,66-70H,3-4,6,8-10,12,14-16,18,20-21,24,27-29,31,34,37,39-40,42,44-47H2,1-2H3,(H,61,65)/b7-5-,13-11-,19-17-,23-22-,26-25-,32-30-,35-33+,38-36-,43-41+. The predicted octanol–water partition coefficient (Wildman–Crippen LogP) is 8.88. The summed E-state index contributed by atoms with van der Waals surface area (Å²) < 4.78 is 22.7. The minimum absolute atomic E-state index is 0.186. The predicted molar refractivity (Wildman–Crippen MR) is 295 cm³/mol. The van der Waals surface area contributed by atoms with Gasteiger partial charge in [0.1, 0.15) is 48.8 Å². The Morgan fingerprint density at radius 2 is 0.946 bits per heavy atom. The van der Waals surface area contributed by atoms with Gasteiger partial charge < -0.3 is 65.1 Å². The van der Waals surface area contributed by atoms with Crippen LogP contribution in [0.3, 0.4) is 0 Å². The lowest BCUT2D eigenvalue weighted by Crippen LogP contribution is -2.65. The Morgan fingerprint density at radius 3 is 1.49 bits per heavy atom. The number of allylic oxidation sites excluding steroid dienone is 17. The van der Waals surface area contributed by atoms with Crippen molar-refractivity contribution in [1.29, 1.82) is 0 Å². The molecule has 422 valence electrons. The highest BCUT2D eigenvalue weighted by Gasteiger charge is 2.51. The first-order chi connectivity index (χ1) is 36.1. The average Bonchev–Trinajstić information content (AvgIpc) is 3.40. The van der Waals surface area contributed by atoms with Crippen molar-refractivity contribution in [2.75, 3.05) is 19.8 Å². The Bertz CT molecular complexity index is 1650. The summed E-state index contributed by atoms with van der Waals surface area (Å²) in [6.07, 6.45) is 45.6. The van der Waals surface area contributed by atoms with E-state index in [1.807, 2.05) is 12.2 Å². The van der Waals surface area contributed by atoms with Crippen molar-refractivity contribution in [3.05, 3.63) is 109 Å². The van der Waals surface area contributed by atoms with Gasteiger partial charge in [0.15, 0.2) is 12.6 Å². The fourth-order valence-corrected chi connectivity index (χ4v) is 8.41. The van der Waals surface area contributed by atoms with Crippen molar-refractivity contribution in [3.8, 4) is 0 Å². The van der Waals surface area contributed by atoms with Crippen LogP contribution in [0.5, 0.6) is 0 Å². The Balaban J connectivity index is 1.85. The van der Waals surface area contributed by atoms with E-state index in [9.17, 15) is 45.6 Å². The average molecular weight is 1040 g/mol. The van der Waals surface area contributed by atoms with E-state index in [1.165, 1.54) is 70.6 Å². The van der Waals surface area contributed by atoms with Gasteiger partial charge in [-0.15, -0.1) is 0 Å². The molecule has 12 unspecified atom stereocenters. The third-order valence-corrected chi connectivity index (χ3v) is 12.9. The molecule has 0 spiro atoms. The maximum absolute atomic E-state index is 13.2. The Labute approximate surface area is 445 Å². The zero-order valence-electron chi connectivity index (χ0n) is 45.0. The molecule has 0 aromatic heterocycles. The fraction of sp³-hybridized carbons (Fsp3) is 0.683. The van der Waals surface area contributed by atoms with E-state index < -0.39 is 86.8 Å². The van der Waals surface area contributed by atoms with Gasteiger partial charge in [0.25, 0.3) is 0 Å². The van der Waals surface area contributed by atoms with Gasteiger partial charge in [-0.05, 0) is 83.5 Å². The summed E-state index contributed by atoms with van der Waals surface area (Å²) in [5.74, 6) is -0.312. The van der Waals surface area contributed by atoms with Crippen molar-refractivity contribution in [2.24, 2.45) is 0 Å². The molecule has 14 nitrogen and oxygen atoms in total. The van der Waals surface area contributed by atoms with Gasteiger partial charge in [0.2, 0.25) is 5.91 Å². The smallest absolute Gasteiger partial charge is 0.220 e. The number of carbonyl (C=O) groups excluding carboxylic acids is 1. The number of hydrogen-bond donors (Lipinski definition) is 9. The number of ether oxygens (including phenoxy) is 4. The van der Waals surface area contributed by atoms with Gasteiger partial charge in [-0.1, -0.05) is 187 Å². The molecular formula is C60H99NO13. The first kappa shape index (κ1) is 66.8. The molecule has 0 aromatic rings. The normalized spacial score (nSPS) is 26.1. The molecule has 12 atom stereocenters. The molecule has 0 aromatic carbocycles. The summed E-state index contributed by atoms with van der Waals surface area (Å²) in [4.78, 5) is 13.2. The van der Waals surface area contributed by atoms with Gasteiger partial charge in [-0.25, -0.2) is 0 Å². The monoisotopic (exact) mass is 1040 g/mol. The molecule has 2 aliphatic rings. The van der Waals surface area contributed by atoms with Gasteiger partial charge in [0.05, 0.1) is 32.0 Å². The summed E-state index contributed by atoms with van der Waals surface area (Å²) in [5, 5.41) is 86.9. The first-order valence-corrected chi connectivity index (χ1v) is 28.1. The topological polar surface area (TPSA) is 228 Å². The number of rotatable bonds is 42. The molecule has 0 saturated carbocycles. The molecule has 2 heterocycles. The zero-order valence-corrected chi connectivity index (χ0v) is 45.0. The molecule has 14 heteroatoms. The lowest BCUT2D eigenvalue weighted by molar-refractivity contribution is -0.359. The molecule has 0 bridgehead atoms. The number of amides is 1. The summed E-state index contributed by atoms with van der Waals surface area (Å²) in [7, 11) is 0. The summed E-state index contributed by atoms with van der Waals surface area (Å²) in [6, 6.07) is -0.970. The van der Waals surface area contributed by atoms with Crippen LogP contribution in [0.25, 0.3) is 0 Å². The quantitative estimate of drug-likeness (QED) is 0.0206. The molecule has 9 N–H and O–H groups in total. The van der Waals surface area contributed by atoms with Crippen LogP contribution in [0.2, 0.25) is 0 Å². The van der Waals surface area contributed by atoms with Crippen LogP contribution >= 0.6 is 0 Å². The number of aliphatic hydroxyl groups excluding tert-OH is 8. The van der Waals surface area contributed by atoms with Crippen LogP contribution < -0.4 is 5.32 Å². The van der Waals surface area contributed by atoms with Crippen LogP contribution in [0.1, 0.15) is 168 Å². The van der Waals surface area contributed by atoms with E-state index in [-0.39, 0.29) is 18.9 Å². The van der Waals surface area contributed by atoms with Crippen LogP contribution in [0.4, 0.5) is 0 Å². The fourth-order valence-electron chi connectivity index (χ4n) is 8.41. The van der Waals surface area contributed by atoms with Gasteiger partial charge in [-0.3, -0.25) is 4.79 Å². The summed E-state index contributed by atoms with van der Waals surface area (Å²) in [6.45, 7) is 2.60. The molecule has 74 heavy (non-hydrogen) atoms. The van der Waals surface area contributed by atoms with Crippen molar-refractivity contribution in [2.45, 2.75) is 242 Å². The van der Waals surface area contributed by atoms with E-state index in [0.29, 0.717) is 19.3 Å². The van der Waals surface area contributed by atoms with E-state index in [0.717, 1.165) is 57.8 Å². The molecule has 2 rings (SSSR count). The minimum atomic E-state index is -1.80. The molecule has 0 radical (unpaired) electrons. The van der Waals surface area contributed by atoms with Gasteiger partial charge in [0, 0.05) is 6.42 Å². The van der Waals surface area contributed by atoms with Crippen molar-refractivity contribution in [3.63, 3.8) is 0 Å². The summed E-state index contributed by atoms with van der Waals surface area (Å²) in [5.41, 5.74) is 0. The van der Waals surface area contributed by atoms with Gasteiger partial charge >= 0.3 is 0 Å². The largest absolute Gasteiger partial charge is 0.394 e. The highest BCUT2D eigenvalue weighted by molar-refractivity contribution is 5.76. The molecule has 2 fully saturated rings. The molecular weight excluding hydrogens is 943 g/mol. The van der Waals surface area contributed by atoms with Crippen molar-refractivity contribution < 1.29 is 64.6 Å². The Morgan fingerprint density at radius 1 is 0.500 bits per heavy atom. The van der Waals surface area contributed by atoms with E-state index in [2.05, 4.69) is 110 Å². The SMILES string of the molecule is CC/C=C\C/C=C\C/C=C\C/C=C\C/C=C\C/C=C\C/C=C\CCCC(=O)NC(COC1OC(CO)C(OC2OC(CO)C(O)C(O)C2O)C(O)C1O)C(O)/C=C/CC/C=C/CCCCCCCCCCCCC. The third-order valence-electron chi connectivity index (χ3n) is 12.9. The van der Waals surface area contributed by atoms with E-state index in [1.54, 1.807) is 6.08 Å². The van der Waals surface area contributed by atoms with Crippen LogP contribution in [0.15, 0.2) is 109 Å². The highest BCUT2D eigenvalue weighted by Crippen LogP contribution is 2.30. The van der Waals surface area contributed by atoms with E-state index >= 15 is 0 Å². The maximum Gasteiger partial charge on any atom is 0.220 e. The zero-order chi connectivity index (χ0) is 53.9. The van der Waals surface area contributed by atoms with Crippen LogP contribution in [0, 0.1) is 0 Å². The second-order valence-corrected chi connectivity index (χ2v) is 19.3. The van der Waals surface area contributed by atoms with Gasteiger partial charge in [-0.2, -0.15) is 0 Å². The number of carbonyl (C=O) groups is 1. The third kappa shape index (κ3) is 30.4. The second-order valence-electron chi connectivity index (χ2n) is 19.3. The number of hydrogen-bond acceptors (Lipinski definition) is 13. The lowest BCUT2D eigenvalue weighted by atomic mass is 9.97. The van der Waals surface area contributed by atoms with Crippen molar-refractivity contribution >= 4 is 5.91 Å². The Kier molecular flexibility index (Phi) is 40.4. The lowest BCUT2D eigenvalue weighted by Gasteiger charge is -2.46. The molecule has 1 amide bonds. The summed E-state index contributed by atoms with van der Waals surface area (Å²) >= 11 is 0.